The molecule has 0 saturated heterocycles. The minimum Gasteiger partial charge on any atom is -0.490 e. The van der Waals surface area contributed by atoms with Crippen molar-refractivity contribution in [3.05, 3.63) is 46.1 Å². The van der Waals surface area contributed by atoms with E-state index < -0.39 is 5.97 Å². The van der Waals surface area contributed by atoms with Crippen LogP contribution >= 0.6 is 35.0 Å². The molecule has 2 aromatic rings. The number of aromatic carboxylic acids is 1. The Morgan fingerprint density at radius 1 is 1.25 bits per heavy atom. The molecule has 2 rings (SSSR count). The normalized spacial score (nSPS) is 10.5. The number of carboxylic acid groups (broad SMARTS) is 1. The average Bonchev–Trinajstić information content (AvgIpc) is 2.86. The Balaban J connectivity index is 1.83. The van der Waals surface area contributed by atoms with E-state index in [1.54, 1.807) is 24.3 Å². The van der Waals surface area contributed by atoms with Crippen molar-refractivity contribution in [2.45, 2.75) is 5.09 Å². The zero-order valence-corrected chi connectivity index (χ0v) is 12.5. The van der Waals surface area contributed by atoms with Gasteiger partial charge in [0.1, 0.15) is 0 Å². The molecule has 0 aliphatic rings. The Morgan fingerprint density at radius 3 is 2.55 bits per heavy atom. The van der Waals surface area contributed by atoms with Crippen LogP contribution in [0.15, 0.2) is 39.8 Å². The predicted molar refractivity (Wildman–Crippen MR) is 78.3 cm³/mol. The van der Waals surface area contributed by atoms with E-state index in [1.165, 1.54) is 17.8 Å². The highest BCUT2D eigenvalue weighted by molar-refractivity contribution is 7.99. The third kappa shape index (κ3) is 3.85. The molecule has 1 aromatic carbocycles. The topological polar surface area (TPSA) is 59.7 Å². The summed E-state index contributed by atoms with van der Waals surface area (Å²) >= 11 is 13.3. The third-order valence-electron chi connectivity index (χ3n) is 2.29. The van der Waals surface area contributed by atoms with Gasteiger partial charge >= 0.3 is 5.97 Å². The molecule has 20 heavy (non-hydrogen) atoms. The molecular formula is C13H10Cl2O4S. The van der Waals surface area contributed by atoms with Crippen LogP contribution in [0.2, 0.25) is 10.0 Å². The molecule has 0 saturated carbocycles. The molecule has 1 aromatic heterocycles. The molecule has 4 nitrogen and oxygen atoms in total. The lowest BCUT2D eigenvalue weighted by molar-refractivity contribution is 0.0656. The van der Waals surface area contributed by atoms with Crippen molar-refractivity contribution in [3.63, 3.8) is 0 Å². The summed E-state index contributed by atoms with van der Waals surface area (Å²) in [5.41, 5.74) is 0. The van der Waals surface area contributed by atoms with Crippen molar-refractivity contribution < 1.29 is 19.1 Å². The Hall–Kier alpha value is -1.30. The van der Waals surface area contributed by atoms with Crippen LogP contribution in [0, 0.1) is 0 Å². The zero-order valence-electron chi connectivity index (χ0n) is 10.1. The Bertz CT molecular complexity index is 592. The fraction of sp³-hybridized carbons (Fsp3) is 0.154. The van der Waals surface area contributed by atoms with Gasteiger partial charge in [0.15, 0.2) is 10.8 Å². The number of hydrogen-bond donors (Lipinski definition) is 1. The number of carbonyl (C=O) groups is 1. The average molecular weight is 333 g/mol. The summed E-state index contributed by atoms with van der Waals surface area (Å²) in [5.74, 6) is -0.144. The molecule has 0 spiro atoms. The predicted octanol–water partition coefficient (Wildman–Crippen LogP) is 4.46. The molecule has 0 fully saturated rings. The Morgan fingerprint density at radius 2 is 1.95 bits per heavy atom. The number of para-hydroxylation sites is 1. The summed E-state index contributed by atoms with van der Waals surface area (Å²) in [6.45, 7) is 0.372. The third-order valence-corrected chi connectivity index (χ3v) is 3.76. The van der Waals surface area contributed by atoms with Gasteiger partial charge in [0.2, 0.25) is 5.76 Å². The lowest BCUT2D eigenvalue weighted by Crippen LogP contribution is -2.00. The number of carboxylic acids is 1. The second-order valence-corrected chi connectivity index (χ2v) is 5.59. The summed E-state index contributed by atoms with van der Waals surface area (Å²) in [6.07, 6.45) is 0. The highest BCUT2D eigenvalue weighted by Crippen LogP contribution is 2.32. The van der Waals surface area contributed by atoms with Gasteiger partial charge in [0.25, 0.3) is 0 Å². The fourth-order valence-corrected chi connectivity index (χ4v) is 2.61. The summed E-state index contributed by atoms with van der Waals surface area (Å²) in [4.78, 5) is 10.6. The van der Waals surface area contributed by atoms with E-state index in [1.807, 2.05) is 0 Å². The first-order valence-electron chi connectivity index (χ1n) is 5.60. The fourth-order valence-electron chi connectivity index (χ4n) is 1.42. The molecule has 0 bridgehead atoms. The Labute approximate surface area is 129 Å². The van der Waals surface area contributed by atoms with Crippen molar-refractivity contribution in [2.75, 3.05) is 12.4 Å². The highest BCUT2D eigenvalue weighted by atomic mass is 35.5. The number of rotatable bonds is 6. The van der Waals surface area contributed by atoms with E-state index in [4.69, 9.17) is 37.5 Å². The maximum Gasteiger partial charge on any atom is 0.371 e. The number of ether oxygens (including phenoxy) is 1. The highest BCUT2D eigenvalue weighted by Gasteiger charge is 2.10. The molecule has 7 heteroatoms. The van der Waals surface area contributed by atoms with E-state index in [0.717, 1.165) is 0 Å². The van der Waals surface area contributed by atoms with Gasteiger partial charge in [-0.15, -0.1) is 0 Å². The summed E-state index contributed by atoms with van der Waals surface area (Å²) in [6, 6.07) is 8.15. The van der Waals surface area contributed by atoms with Crippen LogP contribution in [0.4, 0.5) is 0 Å². The molecule has 0 unspecified atom stereocenters. The molecular weight excluding hydrogens is 323 g/mol. The standard InChI is InChI=1S/C13H10Cl2O4S/c14-8-2-1-3-9(15)12(8)18-6-7-20-11-5-4-10(19-11)13(16)17/h1-5H,6-7H2,(H,16,17). The first kappa shape index (κ1) is 15.1. The van der Waals surface area contributed by atoms with Gasteiger partial charge in [-0.1, -0.05) is 41.0 Å². The number of halogens is 2. The summed E-state index contributed by atoms with van der Waals surface area (Å²) < 4.78 is 10.6. The van der Waals surface area contributed by atoms with E-state index >= 15 is 0 Å². The molecule has 0 aliphatic carbocycles. The van der Waals surface area contributed by atoms with Crippen LogP contribution in [0.5, 0.6) is 5.75 Å². The largest absolute Gasteiger partial charge is 0.490 e. The molecule has 1 heterocycles. The van der Waals surface area contributed by atoms with Crippen LogP contribution in [-0.4, -0.2) is 23.4 Å². The lowest BCUT2D eigenvalue weighted by Gasteiger charge is -2.08. The summed E-state index contributed by atoms with van der Waals surface area (Å²) in [7, 11) is 0. The molecule has 1 N–H and O–H groups in total. The SMILES string of the molecule is O=C(O)c1ccc(SCCOc2c(Cl)cccc2Cl)o1. The van der Waals surface area contributed by atoms with Crippen LogP contribution in [0.3, 0.4) is 0 Å². The zero-order chi connectivity index (χ0) is 14.5. The van der Waals surface area contributed by atoms with Gasteiger partial charge in [-0.05, 0) is 24.3 Å². The van der Waals surface area contributed by atoms with Crippen molar-refractivity contribution in [1.29, 1.82) is 0 Å². The van der Waals surface area contributed by atoms with Crippen molar-refractivity contribution in [1.82, 2.24) is 0 Å². The molecule has 0 radical (unpaired) electrons. The second-order valence-electron chi connectivity index (χ2n) is 3.67. The quantitative estimate of drug-likeness (QED) is 0.625. The number of benzene rings is 1. The number of hydrogen-bond acceptors (Lipinski definition) is 4. The number of thioether (sulfide) groups is 1. The van der Waals surface area contributed by atoms with Crippen LogP contribution in [-0.2, 0) is 0 Å². The monoisotopic (exact) mass is 332 g/mol. The maximum atomic E-state index is 10.6. The van der Waals surface area contributed by atoms with E-state index in [-0.39, 0.29) is 5.76 Å². The lowest BCUT2D eigenvalue weighted by atomic mass is 10.3. The second kappa shape index (κ2) is 6.92. The maximum absolute atomic E-state index is 10.6. The smallest absolute Gasteiger partial charge is 0.371 e. The van der Waals surface area contributed by atoms with Gasteiger partial charge < -0.3 is 14.3 Å². The van der Waals surface area contributed by atoms with E-state index in [2.05, 4.69) is 0 Å². The van der Waals surface area contributed by atoms with Crippen molar-refractivity contribution in [2.24, 2.45) is 0 Å². The first-order chi connectivity index (χ1) is 9.58. The molecule has 0 atom stereocenters. The molecule has 106 valence electrons. The minimum atomic E-state index is -1.09. The van der Waals surface area contributed by atoms with Gasteiger partial charge in [0.05, 0.1) is 16.7 Å². The molecule has 0 aliphatic heterocycles. The van der Waals surface area contributed by atoms with Gasteiger partial charge in [0, 0.05) is 5.75 Å². The van der Waals surface area contributed by atoms with Crippen LogP contribution < -0.4 is 4.74 Å². The minimum absolute atomic E-state index is 0.0810. The van der Waals surface area contributed by atoms with Crippen LogP contribution in [0.25, 0.3) is 0 Å². The van der Waals surface area contributed by atoms with Crippen LogP contribution in [0.1, 0.15) is 10.6 Å². The van der Waals surface area contributed by atoms with Crippen molar-refractivity contribution in [3.8, 4) is 5.75 Å². The van der Waals surface area contributed by atoms with E-state index in [9.17, 15) is 4.79 Å². The number of furan rings is 1. The van der Waals surface area contributed by atoms with Crippen molar-refractivity contribution >= 4 is 40.9 Å². The Kier molecular flexibility index (Phi) is 5.23. The van der Waals surface area contributed by atoms with Gasteiger partial charge in [-0.2, -0.15) is 0 Å². The van der Waals surface area contributed by atoms with Gasteiger partial charge in [-0.25, -0.2) is 4.79 Å². The van der Waals surface area contributed by atoms with E-state index in [0.29, 0.717) is 33.2 Å². The van der Waals surface area contributed by atoms with Gasteiger partial charge in [-0.3, -0.25) is 0 Å². The summed E-state index contributed by atoms with van der Waals surface area (Å²) in [5, 5.41) is 10.2. The first-order valence-corrected chi connectivity index (χ1v) is 7.35. The molecule has 0 amide bonds.